The summed E-state index contributed by atoms with van der Waals surface area (Å²) in [5.41, 5.74) is 0.838. The number of thiophene rings is 1. The third kappa shape index (κ3) is 4.21. The number of thioether (sulfide) groups is 1. The number of carbonyl (C=O) groups excluding carboxylic acids is 1. The standard InChI is InChI=1S/C17H18N4O2S2/c1-12(15-8-5-9-24-15)19-16(22)10-25-17-20-18-11-21(17)13-6-3-4-7-14(13)23-2/h3-9,11-12H,10H2,1-2H3,(H,19,22). The molecule has 6 nitrogen and oxygen atoms in total. The summed E-state index contributed by atoms with van der Waals surface area (Å²) >= 11 is 2.97. The Hall–Kier alpha value is -2.32. The monoisotopic (exact) mass is 374 g/mol. The Morgan fingerprint density at radius 2 is 2.20 bits per heavy atom. The number of nitrogens with zero attached hydrogens (tertiary/aromatic N) is 3. The van der Waals surface area contributed by atoms with Crippen molar-refractivity contribution in [1.29, 1.82) is 0 Å². The van der Waals surface area contributed by atoms with Gasteiger partial charge < -0.3 is 10.1 Å². The summed E-state index contributed by atoms with van der Waals surface area (Å²) in [6.45, 7) is 1.98. The zero-order valence-electron chi connectivity index (χ0n) is 13.9. The van der Waals surface area contributed by atoms with E-state index in [1.165, 1.54) is 11.8 Å². The van der Waals surface area contributed by atoms with Gasteiger partial charge in [-0.25, -0.2) is 0 Å². The summed E-state index contributed by atoms with van der Waals surface area (Å²) in [6, 6.07) is 11.6. The van der Waals surface area contributed by atoms with Gasteiger partial charge in [0.2, 0.25) is 5.91 Å². The number of nitrogens with one attached hydrogen (secondary N) is 1. The van der Waals surface area contributed by atoms with Crippen molar-refractivity contribution in [2.45, 2.75) is 18.1 Å². The third-order valence-corrected chi connectivity index (χ3v) is 5.54. The lowest BCUT2D eigenvalue weighted by atomic mass is 10.3. The number of aromatic nitrogens is 3. The first-order valence-electron chi connectivity index (χ1n) is 7.68. The predicted octanol–water partition coefficient (Wildman–Crippen LogP) is 3.31. The number of carbonyl (C=O) groups is 1. The minimum Gasteiger partial charge on any atom is -0.495 e. The molecule has 8 heteroatoms. The average Bonchev–Trinajstić information content (AvgIpc) is 3.31. The zero-order valence-corrected chi connectivity index (χ0v) is 15.5. The molecule has 0 radical (unpaired) electrons. The van der Waals surface area contributed by atoms with E-state index in [4.69, 9.17) is 4.74 Å². The van der Waals surface area contributed by atoms with Crippen molar-refractivity contribution in [3.05, 3.63) is 53.0 Å². The van der Waals surface area contributed by atoms with E-state index in [2.05, 4.69) is 15.5 Å². The molecule has 0 aliphatic rings. The number of benzene rings is 1. The number of ether oxygens (including phenoxy) is 1. The van der Waals surface area contributed by atoms with Crippen molar-refractivity contribution >= 4 is 29.0 Å². The van der Waals surface area contributed by atoms with Crippen LogP contribution in [0.3, 0.4) is 0 Å². The van der Waals surface area contributed by atoms with Gasteiger partial charge in [0, 0.05) is 4.88 Å². The number of amides is 1. The summed E-state index contributed by atoms with van der Waals surface area (Å²) < 4.78 is 7.20. The molecule has 0 saturated carbocycles. The first kappa shape index (κ1) is 17.5. The third-order valence-electron chi connectivity index (χ3n) is 3.54. The van der Waals surface area contributed by atoms with Crippen LogP contribution in [-0.4, -0.2) is 33.5 Å². The van der Waals surface area contributed by atoms with Crippen molar-refractivity contribution in [2.24, 2.45) is 0 Å². The van der Waals surface area contributed by atoms with Crippen LogP contribution < -0.4 is 10.1 Å². The van der Waals surface area contributed by atoms with Gasteiger partial charge in [-0.2, -0.15) is 0 Å². The Balaban J connectivity index is 1.65. The van der Waals surface area contributed by atoms with Crippen molar-refractivity contribution in [3.63, 3.8) is 0 Å². The molecule has 1 unspecified atom stereocenters. The second-order valence-electron chi connectivity index (χ2n) is 5.25. The Kier molecular flexibility index (Phi) is 5.72. The molecule has 0 saturated heterocycles. The van der Waals surface area contributed by atoms with Crippen LogP contribution in [0.2, 0.25) is 0 Å². The van der Waals surface area contributed by atoms with Crippen LogP contribution in [0.1, 0.15) is 17.8 Å². The second-order valence-corrected chi connectivity index (χ2v) is 7.17. The Morgan fingerprint density at radius 3 is 2.96 bits per heavy atom. The molecule has 0 aliphatic heterocycles. The Labute approximate surface area is 154 Å². The first-order chi connectivity index (χ1) is 12.2. The van der Waals surface area contributed by atoms with E-state index in [1.54, 1.807) is 24.8 Å². The van der Waals surface area contributed by atoms with Crippen molar-refractivity contribution in [3.8, 4) is 11.4 Å². The molecule has 1 amide bonds. The summed E-state index contributed by atoms with van der Waals surface area (Å²) in [5.74, 6) is 0.948. The largest absolute Gasteiger partial charge is 0.495 e. The zero-order chi connectivity index (χ0) is 17.6. The van der Waals surface area contributed by atoms with Crippen LogP contribution in [0.5, 0.6) is 5.75 Å². The Bertz CT molecular complexity index is 833. The van der Waals surface area contributed by atoms with Crippen LogP contribution in [0.25, 0.3) is 5.69 Å². The van der Waals surface area contributed by atoms with Gasteiger partial charge in [-0.1, -0.05) is 30.0 Å². The molecular weight excluding hydrogens is 356 g/mol. The van der Waals surface area contributed by atoms with E-state index in [0.717, 1.165) is 16.3 Å². The van der Waals surface area contributed by atoms with Gasteiger partial charge in [-0.15, -0.1) is 21.5 Å². The van der Waals surface area contributed by atoms with Crippen LogP contribution in [0, 0.1) is 0 Å². The van der Waals surface area contributed by atoms with Crippen LogP contribution in [0.15, 0.2) is 53.3 Å². The van der Waals surface area contributed by atoms with Gasteiger partial charge in [-0.3, -0.25) is 9.36 Å². The maximum Gasteiger partial charge on any atom is 0.230 e. The topological polar surface area (TPSA) is 69.0 Å². The fourth-order valence-corrected chi connectivity index (χ4v) is 3.81. The number of para-hydroxylation sites is 2. The Morgan fingerprint density at radius 1 is 1.36 bits per heavy atom. The molecule has 2 heterocycles. The highest BCUT2D eigenvalue weighted by Crippen LogP contribution is 2.26. The van der Waals surface area contributed by atoms with Gasteiger partial charge in [-0.05, 0) is 30.5 Å². The molecule has 0 fully saturated rings. The van der Waals surface area contributed by atoms with Crippen molar-refractivity contribution < 1.29 is 9.53 Å². The number of hydrogen-bond donors (Lipinski definition) is 1. The van der Waals surface area contributed by atoms with E-state index in [-0.39, 0.29) is 17.7 Å². The molecule has 1 aromatic carbocycles. The second kappa shape index (κ2) is 8.17. The number of methoxy groups -OCH3 is 1. The highest BCUT2D eigenvalue weighted by molar-refractivity contribution is 7.99. The fourth-order valence-electron chi connectivity index (χ4n) is 2.34. The molecule has 0 aliphatic carbocycles. The molecule has 0 spiro atoms. The molecular formula is C17H18N4O2S2. The number of rotatable bonds is 7. The van der Waals surface area contributed by atoms with Crippen molar-refractivity contribution in [2.75, 3.05) is 12.9 Å². The van der Waals surface area contributed by atoms with E-state index in [9.17, 15) is 4.79 Å². The molecule has 3 aromatic rings. The van der Waals surface area contributed by atoms with E-state index < -0.39 is 0 Å². The highest BCUT2D eigenvalue weighted by Gasteiger charge is 2.15. The highest BCUT2D eigenvalue weighted by atomic mass is 32.2. The lowest BCUT2D eigenvalue weighted by Gasteiger charge is -2.13. The quantitative estimate of drug-likeness (QED) is 0.643. The predicted molar refractivity (Wildman–Crippen MR) is 99.5 cm³/mol. The van der Waals surface area contributed by atoms with Gasteiger partial charge in [0.15, 0.2) is 5.16 Å². The minimum absolute atomic E-state index is 0.000173. The molecule has 3 rings (SSSR count). The van der Waals surface area contributed by atoms with Gasteiger partial charge in [0.25, 0.3) is 0 Å². The molecule has 1 N–H and O–H groups in total. The normalized spacial score (nSPS) is 11.9. The molecule has 1 atom stereocenters. The smallest absolute Gasteiger partial charge is 0.230 e. The molecule has 25 heavy (non-hydrogen) atoms. The maximum absolute atomic E-state index is 12.2. The summed E-state index contributed by atoms with van der Waals surface area (Å²) in [7, 11) is 1.62. The van der Waals surface area contributed by atoms with Crippen LogP contribution in [0.4, 0.5) is 0 Å². The van der Waals surface area contributed by atoms with Crippen molar-refractivity contribution in [1.82, 2.24) is 20.1 Å². The summed E-state index contributed by atoms with van der Waals surface area (Å²) in [4.78, 5) is 13.3. The minimum atomic E-state index is -0.0412. The van der Waals surface area contributed by atoms with Gasteiger partial charge >= 0.3 is 0 Å². The average molecular weight is 374 g/mol. The van der Waals surface area contributed by atoms with E-state index >= 15 is 0 Å². The van der Waals surface area contributed by atoms with E-state index in [1.807, 2.05) is 53.3 Å². The van der Waals surface area contributed by atoms with Gasteiger partial charge in [0.05, 0.1) is 24.6 Å². The van der Waals surface area contributed by atoms with Gasteiger partial charge in [0.1, 0.15) is 12.1 Å². The fraction of sp³-hybridized carbons (Fsp3) is 0.235. The lowest BCUT2D eigenvalue weighted by Crippen LogP contribution is -2.27. The lowest BCUT2D eigenvalue weighted by molar-refractivity contribution is -0.119. The summed E-state index contributed by atoms with van der Waals surface area (Å²) in [6.07, 6.45) is 1.62. The SMILES string of the molecule is COc1ccccc1-n1cnnc1SCC(=O)NC(C)c1cccs1. The molecule has 130 valence electrons. The molecule has 0 bridgehead atoms. The summed E-state index contributed by atoms with van der Waals surface area (Å²) in [5, 5.41) is 13.7. The van der Waals surface area contributed by atoms with Crippen LogP contribution >= 0.6 is 23.1 Å². The maximum atomic E-state index is 12.2. The first-order valence-corrected chi connectivity index (χ1v) is 9.54. The van der Waals surface area contributed by atoms with E-state index in [0.29, 0.717) is 5.16 Å². The molecule has 2 aromatic heterocycles. The number of hydrogen-bond acceptors (Lipinski definition) is 6. The van der Waals surface area contributed by atoms with Crippen LogP contribution in [-0.2, 0) is 4.79 Å².